The highest BCUT2D eigenvalue weighted by atomic mass is 16.5. The maximum Gasteiger partial charge on any atom is 0.325 e. The molecule has 2 heterocycles. The van der Waals surface area contributed by atoms with Crippen LogP contribution in [-0.4, -0.2) is 23.3 Å². The maximum absolute atomic E-state index is 11.2. The fraction of sp³-hybridized carbons (Fsp3) is 0.500. The average molecular weight is 263 g/mol. The monoisotopic (exact) mass is 263 g/mol. The average Bonchev–Trinajstić information content (AvgIpc) is 2.85. The van der Waals surface area contributed by atoms with Crippen LogP contribution in [0.25, 0.3) is 0 Å². The van der Waals surface area contributed by atoms with E-state index in [0.29, 0.717) is 17.7 Å². The molecule has 102 valence electrons. The van der Waals surface area contributed by atoms with Crippen molar-refractivity contribution in [2.24, 2.45) is 5.73 Å². The van der Waals surface area contributed by atoms with E-state index in [-0.39, 0.29) is 12.2 Å². The van der Waals surface area contributed by atoms with Gasteiger partial charge in [0.15, 0.2) is 0 Å². The minimum atomic E-state index is -1.07. The summed E-state index contributed by atoms with van der Waals surface area (Å²) in [6.45, 7) is 3.93. The van der Waals surface area contributed by atoms with Crippen LogP contribution in [0, 0.1) is 0 Å². The van der Waals surface area contributed by atoms with Crippen LogP contribution >= 0.6 is 0 Å². The Morgan fingerprint density at radius 2 is 2.05 bits per heavy atom. The maximum atomic E-state index is 11.2. The van der Waals surface area contributed by atoms with Crippen molar-refractivity contribution in [2.75, 3.05) is 0 Å². The molecule has 5 nitrogen and oxygen atoms in total. The molecule has 3 unspecified atom stereocenters. The number of ether oxygens (including phenoxy) is 2. The minimum absolute atomic E-state index is 0.0506. The predicted molar refractivity (Wildman–Crippen MR) is 68.6 cm³/mol. The molecule has 0 spiro atoms. The lowest BCUT2D eigenvalue weighted by atomic mass is 9.93. The lowest BCUT2D eigenvalue weighted by molar-refractivity contribution is -0.138. The topological polar surface area (TPSA) is 81.8 Å². The highest BCUT2D eigenvalue weighted by Gasteiger charge is 2.35. The molecule has 0 aliphatic carbocycles. The number of aliphatic carboxylic acids is 1. The Morgan fingerprint density at radius 1 is 1.37 bits per heavy atom. The molecular formula is C14H17NO4. The van der Waals surface area contributed by atoms with Crippen LogP contribution in [0.15, 0.2) is 6.07 Å². The van der Waals surface area contributed by atoms with Gasteiger partial charge in [0.1, 0.15) is 29.7 Å². The normalized spacial score (nSPS) is 25.2. The number of carboxylic acid groups (broad SMARTS) is 1. The number of fused-ring (bicyclic) bond motifs is 2. The van der Waals surface area contributed by atoms with E-state index in [1.807, 2.05) is 19.9 Å². The van der Waals surface area contributed by atoms with Crippen LogP contribution in [0.3, 0.4) is 0 Å². The molecule has 0 saturated heterocycles. The third-order valence-electron chi connectivity index (χ3n) is 3.69. The summed E-state index contributed by atoms with van der Waals surface area (Å²) in [6.07, 6.45) is 1.54. The second kappa shape index (κ2) is 4.13. The fourth-order valence-electron chi connectivity index (χ4n) is 2.91. The summed E-state index contributed by atoms with van der Waals surface area (Å²) in [6, 6.07) is 0.901. The van der Waals surface area contributed by atoms with Crippen molar-refractivity contribution in [1.82, 2.24) is 0 Å². The summed E-state index contributed by atoms with van der Waals surface area (Å²) in [5, 5.41) is 9.21. The number of nitrogens with two attached hydrogens (primary N) is 1. The van der Waals surface area contributed by atoms with Gasteiger partial charge in [-0.05, 0) is 19.9 Å². The van der Waals surface area contributed by atoms with Gasteiger partial charge >= 0.3 is 5.97 Å². The van der Waals surface area contributed by atoms with Crippen LogP contribution in [0.4, 0.5) is 0 Å². The Balaban J connectivity index is 2.18. The molecule has 5 heteroatoms. The van der Waals surface area contributed by atoms with Crippen LogP contribution in [0.1, 0.15) is 36.6 Å². The van der Waals surface area contributed by atoms with E-state index in [1.165, 1.54) is 0 Å². The molecule has 19 heavy (non-hydrogen) atoms. The first kappa shape index (κ1) is 12.3. The van der Waals surface area contributed by atoms with Crippen LogP contribution < -0.4 is 15.2 Å². The third kappa shape index (κ3) is 1.85. The molecule has 3 rings (SSSR count). The molecule has 1 aromatic rings. The Labute approximate surface area is 111 Å². The lowest BCUT2D eigenvalue weighted by Crippen LogP contribution is -2.23. The van der Waals surface area contributed by atoms with Gasteiger partial charge in [-0.25, -0.2) is 0 Å². The SMILES string of the molecule is CC1Cc2c(cc3c(c2C(N)C(=O)O)OC(C)C3)O1. The van der Waals surface area contributed by atoms with E-state index in [1.54, 1.807) is 0 Å². The summed E-state index contributed by atoms with van der Waals surface area (Å²) in [5.74, 6) is 0.368. The van der Waals surface area contributed by atoms with Crippen LogP contribution in [0.5, 0.6) is 11.5 Å². The number of carboxylic acids is 1. The molecule has 0 bridgehead atoms. The Hall–Kier alpha value is -1.75. The number of carbonyl (C=O) groups is 1. The zero-order valence-electron chi connectivity index (χ0n) is 11.0. The zero-order valence-corrected chi connectivity index (χ0v) is 11.0. The fourth-order valence-corrected chi connectivity index (χ4v) is 2.91. The van der Waals surface area contributed by atoms with E-state index < -0.39 is 12.0 Å². The standard InChI is InChI=1S/C14H17NO4/c1-6-3-8-5-10-9(4-7(2)18-10)11(13(8)19-6)12(15)14(16)17/h5-7,12H,3-4,15H2,1-2H3,(H,16,17). The quantitative estimate of drug-likeness (QED) is 0.843. The van der Waals surface area contributed by atoms with Crippen LogP contribution in [0.2, 0.25) is 0 Å². The van der Waals surface area contributed by atoms with E-state index in [0.717, 1.165) is 23.3 Å². The van der Waals surface area contributed by atoms with Gasteiger partial charge in [0.2, 0.25) is 0 Å². The number of hydrogen-bond donors (Lipinski definition) is 2. The molecule has 3 N–H and O–H groups in total. The highest BCUT2D eigenvalue weighted by Crippen LogP contribution is 2.45. The van der Waals surface area contributed by atoms with E-state index in [4.69, 9.17) is 15.2 Å². The molecule has 0 amide bonds. The molecule has 0 fully saturated rings. The van der Waals surface area contributed by atoms with Gasteiger partial charge in [-0.15, -0.1) is 0 Å². The van der Waals surface area contributed by atoms with Crippen molar-refractivity contribution in [3.05, 3.63) is 22.8 Å². The van der Waals surface area contributed by atoms with Crippen LogP contribution in [-0.2, 0) is 17.6 Å². The lowest BCUT2D eigenvalue weighted by Gasteiger charge is -2.16. The largest absolute Gasteiger partial charge is 0.490 e. The van der Waals surface area contributed by atoms with Crippen molar-refractivity contribution in [2.45, 2.75) is 44.9 Å². The predicted octanol–water partition coefficient (Wildman–Crippen LogP) is 1.42. The molecule has 1 aromatic carbocycles. The third-order valence-corrected chi connectivity index (χ3v) is 3.69. The van der Waals surface area contributed by atoms with Gasteiger partial charge in [0.05, 0.1) is 0 Å². The van der Waals surface area contributed by atoms with E-state index in [2.05, 4.69) is 0 Å². The summed E-state index contributed by atoms with van der Waals surface area (Å²) in [5.41, 5.74) is 8.31. The highest BCUT2D eigenvalue weighted by molar-refractivity contribution is 5.78. The second-order valence-electron chi connectivity index (χ2n) is 5.34. The van der Waals surface area contributed by atoms with Gasteiger partial charge in [0, 0.05) is 29.5 Å². The summed E-state index contributed by atoms with van der Waals surface area (Å²) in [7, 11) is 0. The zero-order chi connectivity index (χ0) is 13.7. The Bertz CT molecular complexity index is 519. The number of rotatable bonds is 2. The van der Waals surface area contributed by atoms with Crippen molar-refractivity contribution in [1.29, 1.82) is 0 Å². The van der Waals surface area contributed by atoms with Crippen molar-refractivity contribution in [3.8, 4) is 11.5 Å². The molecule has 2 aliphatic rings. The van der Waals surface area contributed by atoms with Gasteiger partial charge in [-0.1, -0.05) is 0 Å². The smallest absolute Gasteiger partial charge is 0.325 e. The van der Waals surface area contributed by atoms with Crippen molar-refractivity contribution in [3.63, 3.8) is 0 Å². The molecule has 3 atom stereocenters. The van der Waals surface area contributed by atoms with Gasteiger partial charge in [-0.3, -0.25) is 4.79 Å². The summed E-state index contributed by atoms with van der Waals surface area (Å²) in [4.78, 5) is 11.2. The number of benzene rings is 1. The van der Waals surface area contributed by atoms with E-state index in [9.17, 15) is 9.90 Å². The van der Waals surface area contributed by atoms with E-state index >= 15 is 0 Å². The first-order valence-electron chi connectivity index (χ1n) is 6.47. The first-order valence-corrected chi connectivity index (χ1v) is 6.47. The molecule has 0 radical (unpaired) electrons. The summed E-state index contributed by atoms with van der Waals surface area (Å²) >= 11 is 0. The minimum Gasteiger partial charge on any atom is -0.490 e. The Morgan fingerprint density at radius 3 is 2.74 bits per heavy atom. The summed E-state index contributed by atoms with van der Waals surface area (Å²) < 4.78 is 11.5. The van der Waals surface area contributed by atoms with Gasteiger partial charge in [-0.2, -0.15) is 0 Å². The van der Waals surface area contributed by atoms with Crippen molar-refractivity contribution >= 4 is 5.97 Å². The molecular weight excluding hydrogens is 246 g/mol. The van der Waals surface area contributed by atoms with Crippen molar-refractivity contribution < 1.29 is 19.4 Å². The Kier molecular flexibility index (Phi) is 2.67. The van der Waals surface area contributed by atoms with Gasteiger partial charge < -0.3 is 20.3 Å². The second-order valence-corrected chi connectivity index (χ2v) is 5.34. The molecule has 0 saturated carbocycles. The number of hydrogen-bond acceptors (Lipinski definition) is 4. The molecule has 0 aromatic heterocycles. The molecule has 2 aliphatic heterocycles. The first-order chi connectivity index (χ1) is 8.97. The van der Waals surface area contributed by atoms with Gasteiger partial charge in [0.25, 0.3) is 0 Å².